The van der Waals surface area contributed by atoms with Crippen LogP contribution < -0.4 is 15.9 Å². The summed E-state index contributed by atoms with van der Waals surface area (Å²) in [6.07, 6.45) is -0.514. The van der Waals surface area contributed by atoms with Crippen LogP contribution in [-0.2, 0) is 4.74 Å². The summed E-state index contributed by atoms with van der Waals surface area (Å²) in [6, 6.07) is 29.3. The zero-order valence-electron chi connectivity index (χ0n) is 15.2. The van der Waals surface area contributed by atoms with Crippen LogP contribution in [0.3, 0.4) is 0 Å². The molecule has 1 heterocycles. The van der Waals surface area contributed by atoms with Gasteiger partial charge >= 0.3 is 0 Å². The lowest BCUT2D eigenvalue weighted by Crippen LogP contribution is -2.25. The summed E-state index contributed by atoms with van der Waals surface area (Å²) in [4.78, 5) is 4.64. The Morgan fingerprint density at radius 2 is 1.44 bits per heavy atom. The Hall–Kier alpha value is -2.48. The third kappa shape index (κ3) is 3.80. The minimum absolute atomic E-state index is 0.201. The summed E-state index contributed by atoms with van der Waals surface area (Å²) in [5, 5.41) is 13.7. The van der Waals surface area contributed by atoms with Gasteiger partial charge in [0.15, 0.2) is 0 Å². The second-order valence-electron chi connectivity index (χ2n) is 6.58. The molecule has 3 nitrogen and oxygen atoms in total. The third-order valence-corrected chi connectivity index (χ3v) is 7.14. The molecule has 27 heavy (non-hydrogen) atoms. The van der Waals surface area contributed by atoms with E-state index in [0.29, 0.717) is 12.5 Å². The van der Waals surface area contributed by atoms with Gasteiger partial charge in [0.2, 0.25) is 5.90 Å². The summed E-state index contributed by atoms with van der Waals surface area (Å²) in [5.74, 6) is 0.635. The molecule has 4 heteroatoms. The standard InChI is InChI=1S/C23H22NO2P/c1-17(25)21-16-26-23(24-21)20-14-8-9-15-22(20)27(18-10-4-2-5-11-18)19-12-6-3-7-13-19/h2-15,17,21,25H,16H2,1H3/t17-,21-/m1/s1. The van der Waals surface area contributed by atoms with Crippen LogP contribution in [0.15, 0.2) is 89.9 Å². The fourth-order valence-electron chi connectivity index (χ4n) is 3.21. The number of aliphatic hydroxyl groups excluding tert-OH is 1. The van der Waals surface area contributed by atoms with Crippen LogP contribution >= 0.6 is 7.92 Å². The van der Waals surface area contributed by atoms with Gasteiger partial charge in [-0.2, -0.15) is 0 Å². The number of rotatable bonds is 5. The van der Waals surface area contributed by atoms with Crippen molar-refractivity contribution >= 4 is 29.7 Å². The molecular weight excluding hydrogens is 353 g/mol. The SMILES string of the molecule is C[C@@H](O)[C@H]1COC(c2ccccc2P(c2ccccc2)c2ccccc2)=N1. The third-order valence-electron chi connectivity index (χ3n) is 4.63. The van der Waals surface area contributed by atoms with Crippen molar-refractivity contribution in [2.75, 3.05) is 6.61 Å². The summed E-state index contributed by atoms with van der Waals surface area (Å²) < 4.78 is 5.88. The van der Waals surface area contributed by atoms with E-state index in [1.165, 1.54) is 15.9 Å². The second kappa shape index (κ2) is 8.04. The molecule has 3 aromatic carbocycles. The van der Waals surface area contributed by atoms with Crippen LogP contribution in [0, 0.1) is 0 Å². The average Bonchev–Trinajstić information content (AvgIpc) is 3.21. The molecule has 0 saturated carbocycles. The molecule has 4 rings (SSSR count). The highest BCUT2D eigenvalue weighted by atomic mass is 31.1. The molecule has 0 saturated heterocycles. The van der Waals surface area contributed by atoms with Gasteiger partial charge < -0.3 is 9.84 Å². The van der Waals surface area contributed by atoms with E-state index in [1.54, 1.807) is 6.92 Å². The van der Waals surface area contributed by atoms with Gasteiger partial charge in [0.1, 0.15) is 12.6 Å². The van der Waals surface area contributed by atoms with Crippen LogP contribution in [-0.4, -0.2) is 29.8 Å². The van der Waals surface area contributed by atoms with Crippen molar-refractivity contribution in [2.45, 2.75) is 19.1 Å². The second-order valence-corrected chi connectivity index (χ2v) is 8.76. The molecule has 0 aromatic heterocycles. The Labute approximate surface area is 161 Å². The molecule has 0 bridgehead atoms. The first kappa shape index (κ1) is 17.9. The van der Waals surface area contributed by atoms with E-state index in [4.69, 9.17) is 4.74 Å². The topological polar surface area (TPSA) is 41.8 Å². The maximum atomic E-state index is 9.87. The quantitative estimate of drug-likeness (QED) is 0.697. The summed E-state index contributed by atoms with van der Waals surface area (Å²) in [7, 11) is -0.736. The smallest absolute Gasteiger partial charge is 0.217 e. The van der Waals surface area contributed by atoms with Gasteiger partial charge in [0.25, 0.3) is 0 Å². The van der Waals surface area contributed by atoms with E-state index in [9.17, 15) is 5.11 Å². The highest BCUT2D eigenvalue weighted by Crippen LogP contribution is 2.34. The first-order chi connectivity index (χ1) is 13.2. The Morgan fingerprint density at radius 3 is 2.00 bits per heavy atom. The molecular formula is C23H22NO2P. The first-order valence-electron chi connectivity index (χ1n) is 9.12. The Balaban J connectivity index is 1.84. The summed E-state index contributed by atoms with van der Waals surface area (Å²) in [6.45, 7) is 2.18. The number of hydrogen-bond donors (Lipinski definition) is 1. The van der Waals surface area contributed by atoms with Crippen LogP contribution in [0.5, 0.6) is 0 Å². The van der Waals surface area contributed by atoms with Crippen LogP contribution in [0.1, 0.15) is 12.5 Å². The zero-order valence-corrected chi connectivity index (χ0v) is 16.1. The zero-order chi connectivity index (χ0) is 18.6. The number of ether oxygens (including phenoxy) is 1. The molecule has 1 aliphatic heterocycles. The van der Waals surface area contributed by atoms with Crippen LogP contribution in [0.4, 0.5) is 0 Å². The Morgan fingerprint density at radius 1 is 0.889 bits per heavy atom. The maximum Gasteiger partial charge on any atom is 0.217 e. The molecule has 0 amide bonds. The van der Waals surface area contributed by atoms with Gasteiger partial charge in [-0.15, -0.1) is 0 Å². The number of aliphatic imine (C=N–C) groups is 1. The molecule has 1 N–H and O–H groups in total. The van der Waals surface area contributed by atoms with Gasteiger partial charge in [-0.1, -0.05) is 78.9 Å². The lowest BCUT2D eigenvalue weighted by Gasteiger charge is -2.22. The molecule has 2 atom stereocenters. The van der Waals surface area contributed by atoms with Crippen LogP contribution in [0.25, 0.3) is 0 Å². The van der Waals surface area contributed by atoms with E-state index in [0.717, 1.165) is 5.56 Å². The van der Waals surface area contributed by atoms with Crippen molar-refractivity contribution < 1.29 is 9.84 Å². The van der Waals surface area contributed by atoms with Crippen molar-refractivity contribution in [3.63, 3.8) is 0 Å². The number of nitrogens with zero attached hydrogens (tertiary/aromatic N) is 1. The molecule has 0 aliphatic carbocycles. The Kier molecular flexibility index (Phi) is 5.33. The highest BCUT2D eigenvalue weighted by molar-refractivity contribution is 7.80. The normalized spacial score (nSPS) is 17.4. The number of aliphatic hydroxyl groups is 1. The molecule has 1 aliphatic rings. The molecule has 136 valence electrons. The van der Waals surface area contributed by atoms with Crippen molar-refractivity contribution in [3.8, 4) is 0 Å². The predicted octanol–water partition coefficient (Wildman–Crippen LogP) is 2.97. The fraction of sp³-hybridized carbons (Fsp3) is 0.174. The number of hydrogen-bond acceptors (Lipinski definition) is 3. The number of benzene rings is 3. The van der Waals surface area contributed by atoms with Gasteiger partial charge in [0, 0.05) is 5.56 Å². The largest absolute Gasteiger partial charge is 0.475 e. The van der Waals surface area contributed by atoms with E-state index in [2.05, 4.69) is 71.7 Å². The van der Waals surface area contributed by atoms with E-state index in [-0.39, 0.29) is 6.04 Å². The van der Waals surface area contributed by atoms with Crippen molar-refractivity contribution in [1.29, 1.82) is 0 Å². The van der Waals surface area contributed by atoms with Gasteiger partial charge in [-0.3, -0.25) is 0 Å². The highest BCUT2D eigenvalue weighted by Gasteiger charge is 2.28. The minimum atomic E-state index is -0.736. The van der Waals surface area contributed by atoms with E-state index in [1.807, 2.05) is 18.2 Å². The van der Waals surface area contributed by atoms with Crippen molar-refractivity contribution in [2.24, 2.45) is 4.99 Å². The molecule has 0 spiro atoms. The monoisotopic (exact) mass is 375 g/mol. The summed E-state index contributed by atoms with van der Waals surface area (Å²) in [5.41, 5.74) is 1.01. The molecule has 3 aromatic rings. The van der Waals surface area contributed by atoms with Gasteiger partial charge in [-0.05, 0) is 36.8 Å². The average molecular weight is 375 g/mol. The molecule has 0 fully saturated rings. The van der Waals surface area contributed by atoms with Crippen LogP contribution in [0.2, 0.25) is 0 Å². The van der Waals surface area contributed by atoms with Crippen molar-refractivity contribution in [3.05, 3.63) is 90.5 Å². The maximum absolute atomic E-state index is 9.87. The Bertz CT molecular complexity index is 886. The van der Waals surface area contributed by atoms with Gasteiger partial charge in [0.05, 0.1) is 6.10 Å². The first-order valence-corrected chi connectivity index (χ1v) is 10.5. The summed E-state index contributed by atoms with van der Waals surface area (Å²) >= 11 is 0. The lowest BCUT2D eigenvalue weighted by atomic mass is 10.2. The van der Waals surface area contributed by atoms with E-state index < -0.39 is 14.0 Å². The minimum Gasteiger partial charge on any atom is -0.475 e. The van der Waals surface area contributed by atoms with Gasteiger partial charge in [-0.25, -0.2) is 4.99 Å². The fourth-order valence-corrected chi connectivity index (χ4v) is 5.66. The lowest BCUT2D eigenvalue weighted by molar-refractivity contribution is 0.145. The predicted molar refractivity (Wildman–Crippen MR) is 113 cm³/mol. The molecule has 0 radical (unpaired) electrons. The molecule has 0 unspecified atom stereocenters. The van der Waals surface area contributed by atoms with E-state index >= 15 is 0 Å². The van der Waals surface area contributed by atoms with Crippen molar-refractivity contribution in [1.82, 2.24) is 0 Å².